The van der Waals surface area contributed by atoms with Gasteiger partial charge in [0, 0.05) is 16.8 Å². The van der Waals surface area contributed by atoms with E-state index in [9.17, 15) is 0 Å². The van der Waals surface area contributed by atoms with E-state index < -0.39 is 0 Å². The van der Waals surface area contributed by atoms with Crippen molar-refractivity contribution < 1.29 is 9.57 Å². The van der Waals surface area contributed by atoms with E-state index in [1.807, 2.05) is 115 Å². The Hall–Kier alpha value is -4.81. The van der Waals surface area contributed by atoms with Gasteiger partial charge in [0.15, 0.2) is 0 Å². The lowest BCUT2D eigenvalue weighted by molar-refractivity contribution is 0.306. The lowest BCUT2D eigenvalue weighted by atomic mass is 10.1. The first-order valence-electron chi connectivity index (χ1n) is 11.9. The number of para-hydroxylation sites is 1. The number of aromatic nitrogens is 3. The van der Waals surface area contributed by atoms with E-state index >= 15 is 0 Å². The number of hydrogen-bond acceptors (Lipinski definition) is 6. The maximum absolute atomic E-state index is 6.22. The molecule has 0 fully saturated rings. The summed E-state index contributed by atoms with van der Waals surface area (Å²) in [5, 5.41) is 5.82. The molecular weight excluding hydrogens is 496 g/mol. The molecule has 6 nitrogen and oxygen atoms in total. The van der Waals surface area contributed by atoms with Crippen LogP contribution in [0, 0.1) is 0 Å². The summed E-state index contributed by atoms with van der Waals surface area (Å²) >= 11 is 6.22. The van der Waals surface area contributed by atoms with Gasteiger partial charge in [0.1, 0.15) is 24.4 Å². The number of allylic oxidation sites excluding steroid dienone is 2. The average Bonchev–Trinajstić information content (AvgIpc) is 2.97. The van der Waals surface area contributed by atoms with Crippen molar-refractivity contribution in [3.8, 4) is 11.6 Å². The molecule has 7 heteroatoms. The van der Waals surface area contributed by atoms with Gasteiger partial charge < -0.3 is 9.57 Å². The zero-order valence-electron chi connectivity index (χ0n) is 20.3. The van der Waals surface area contributed by atoms with E-state index in [2.05, 4.69) is 20.1 Å². The molecule has 5 aromatic rings. The van der Waals surface area contributed by atoms with Crippen LogP contribution >= 0.6 is 11.6 Å². The Labute approximate surface area is 225 Å². The molecular formula is C31H23ClN4O2. The zero-order valence-corrected chi connectivity index (χ0v) is 21.1. The molecule has 5 rings (SSSR count). The predicted octanol–water partition coefficient (Wildman–Crippen LogP) is 7.42. The standard InChI is InChI=1S/C31H23ClN4O2/c32-29-10-3-1-7-24(29)21-37-27-18-13-23(14-19-27)12-15-26(17-16-25-8-5-6-20-33-25)36-38-31-28-9-2-4-11-30(28)34-22-35-31/h1-20,22H,21H2/b15-12+,17-16+,36-26-. The van der Waals surface area contributed by atoms with Crippen molar-refractivity contribution in [2.75, 3.05) is 0 Å². The summed E-state index contributed by atoms with van der Waals surface area (Å²) in [6.07, 6.45) is 10.7. The maximum Gasteiger partial charge on any atom is 0.259 e. The summed E-state index contributed by atoms with van der Waals surface area (Å²) in [7, 11) is 0. The Morgan fingerprint density at radius 2 is 1.58 bits per heavy atom. The van der Waals surface area contributed by atoms with Gasteiger partial charge in [0.05, 0.1) is 16.6 Å². The van der Waals surface area contributed by atoms with Gasteiger partial charge in [-0.2, -0.15) is 4.98 Å². The smallest absolute Gasteiger partial charge is 0.259 e. The van der Waals surface area contributed by atoms with Crippen molar-refractivity contribution in [2.24, 2.45) is 5.16 Å². The number of hydrogen-bond donors (Lipinski definition) is 0. The largest absolute Gasteiger partial charge is 0.489 e. The van der Waals surface area contributed by atoms with Crippen molar-refractivity contribution in [2.45, 2.75) is 6.61 Å². The topological polar surface area (TPSA) is 69.5 Å². The third-order valence-corrected chi connectivity index (χ3v) is 5.90. The van der Waals surface area contributed by atoms with Gasteiger partial charge in [-0.15, -0.1) is 0 Å². The fourth-order valence-electron chi connectivity index (χ4n) is 3.54. The van der Waals surface area contributed by atoms with Crippen LogP contribution in [0.15, 0.2) is 121 Å². The second-order valence-corrected chi connectivity index (χ2v) is 8.58. The van der Waals surface area contributed by atoms with Crippen LogP contribution in [0.3, 0.4) is 0 Å². The number of oxime groups is 1. The number of benzene rings is 3. The third kappa shape index (κ3) is 6.69. The molecule has 2 aromatic heterocycles. The van der Waals surface area contributed by atoms with Crippen LogP contribution in [0.4, 0.5) is 0 Å². The van der Waals surface area contributed by atoms with Crippen LogP contribution in [-0.2, 0) is 6.61 Å². The molecule has 0 saturated carbocycles. The van der Waals surface area contributed by atoms with E-state index in [4.69, 9.17) is 21.2 Å². The van der Waals surface area contributed by atoms with Crippen LogP contribution in [0.2, 0.25) is 5.02 Å². The highest BCUT2D eigenvalue weighted by atomic mass is 35.5. The minimum absolute atomic E-state index is 0.382. The number of nitrogens with zero attached hydrogens (tertiary/aromatic N) is 4. The average molecular weight is 519 g/mol. The third-order valence-electron chi connectivity index (χ3n) is 5.54. The minimum atomic E-state index is 0.382. The number of pyridine rings is 1. The normalized spacial score (nSPS) is 11.9. The molecule has 186 valence electrons. The molecule has 0 aliphatic rings. The quantitative estimate of drug-likeness (QED) is 0.150. The first kappa shape index (κ1) is 24.9. The lowest BCUT2D eigenvalue weighted by Gasteiger charge is -2.08. The molecule has 0 saturated heterocycles. The SMILES string of the molecule is Clc1ccccc1COc1ccc(/C=C/C(/C=C/c2ccccn2)=N/Oc2ncnc3ccccc23)cc1. The molecule has 0 spiro atoms. The monoisotopic (exact) mass is 518 g/mol. The van der Waals surface area contributed by atoms with E-state index in [0.717, 1.165) is 33.5 Å². The van der Waals surface area contributed by atoms with Gasteiger partial charge in [0.25, 0.3) is 5.88 Å². The summed E-state index contributed by atoms with van der Waals surface area (Å²) in [4.78, 5) is 18.6. The number of fused-ring (bicyclic) bond motifs is 1. The van der Waals surface area contributed by atoms with E-state index in [-0.39, 0.29) is 0 Å². The first-order valence-corrected chi connectivity index (χ1v) is 12.3. The van der Waals surface area contributed by atoms with Gasteiger partial charge in [-0.05, 0) is 66.3 Å². The number of ether oxygens (including phenoxy) is 1. The fraction of sp³-hybridized carbons (Fsp3) is 0.0323. The summed E-state index contributed by atoms with van der Waals surface area (Å²) < 4.78 is 5.88. The van der Waals surface area contributed by atoms with Crippen molar-refractivity contribution >= 4 is 40.4 Å². The summed E-state index contributed by atoms with van der Waals surface area (Å²) in [6, 6.07) is 28.8. The van der Waals surface area contributed by atoms with Crippen LogP contribution in [0.25, 0.3) is 23.1 Å². The van der Waals surface area contributed by atoms with Gasteiger partial charge in [-0.25, -0.2) is 4.98 Å². The van der Waals surface area contributed by atoms with Gasteiger partial charge >= 0.3 is 0 Å². The van der Waals surface area contributed by atoms with E-state index in [1.54, 1.807) is 6.20 Å². The first-order chi connectivity index (χ1) is 18.7. The highest BCUT2D eigenvalue weighted by Crippen LogP contribution is 2.21. The molecule has 38 heavy (non-hydrogen) atoms. The van der Waals surface area contributed by atoms with Gasteiger partial charge in [-0.3, -0.25) is 4.98 Å². The molecule has 0 amide bonds. The Bertz CT molecular complexity index is 1590. The van der Waals surface area contributed by atoms with Crippen molar-refractivity contribution in [3.63, 3.8) is 0 Å². The zero-order chi connectivity index (χ0) is 26.0. The molecule has 0 unspecified atom stereocenters. The lowest BCUT2D eigenvalue weighted by Crippen LogP contribution is -1.97. The molecule has 0 bridgehead atoms. The molecule has 0 aliphatic heterocycles. The highest BCUT2D eigenvalue weighted by Gasteiger charge is 2.05. The van der Waals surface area contributed by atoms with Crippen molar-refractivity contribution in [1.82, 2.24) is 15.0 Å². The summed E-state index contributed by atoms with van der Waals surface area (Å²) in [6.45, 7) is 0.402. The van der Waals surface area contributed by atoms with Gasteiger partial charge in [-0.1, -0.05) is 71.4 Å². The molecule has 0 atom stereocenters. The predicted molar refractivity (Wildman–Crippen MR) is 152 cm³/mol. The minimum Gasteiger partial charge on any atom is -0.489 e. The van der Waals surface area contributed by atoms with E-state index in [0.29, 0.717) is 23.2 Å². The number of rotatable bonds is 9. The molecule has 0 radical (unpaired) electrons. The Morgan fingerprint density at radius 1 is 0.789 bits per heavy atom. The Kier molecular flexibility index (Phi) is 8.13. The van der Waals surface area contributed by atoms with Crippen LogP contribution in [0.1, 0.15) is 16.8 Å². The highest BCUT2D eigenvalue weighted by molar-refractivity contribution is 6.31. The van der Waals surface area contributed by atoms with Crippen molar-refractivity contribution in [3.05, 3.63) is 138 Å². The fourth-order valence-corrected chi connectivity index (χ4v) is 3.73. The summed E-state index contributed by atoms with van der Waals surface area (Å²) in [5.74, 6) is 1.14. The molecule has 3 aromatic carbocycles. The maximum atomic E-state index is 6.22. The Balaban J connectivity index is 1.32. The van der Waals surface area contributed by atoms with Crippen molar-refractivity contribution in [1.29, 1.82) is 0 Å². The second-order valence-electron chi connectivity index (χ2n) is 8.17. The van der Waals surface area contributed by atoms with Crippen LogP contribution < -0.4 is 9.57 Å². The van der Waals surface area contributed by atoms with Gasteiger partial charge in [0.2, 0.25) is 0 Å². The molecule has 0 N–H and O–H groups in total. The van der Waals surface area contributed by atoms with E-state index in [1.165, 1.54) is 6.33 Å². The Morgan fingerprint density at radius 3 is 2.42 bits per heavy atom. The second kappa shape index (κ2) is 12.4. The molecule has 2 heterocycles. The summed E-state index contributed by atoms with van der Waals surface area (Å²) in [5.41, 5.74) is 4.08. The number of halogens is 1. The molecule has 0 aliphatic carbocycles. The van der Waals surface area contributed by atoms with Crippen LogP contribution in [-0.4, -0.2) is 20.7 Å². The van der Waals surface area contributed by atoms with Crippen LogP contribution in [0.5, 0.6) is 11.6 Å².